The number of amides is 1. The summed E-state index contributed by atoms with van der Waals surface area (Å²) in [7, 11) is 1.84. The van der Waals surface area contributed by atoms with Crippen LogP contribution in [0.15, 0.2) is 24.4 Å². The first-order chi connectivity index (χ1) is 9.99. The molecule has 2 aromatic rings. The lowest BCUT2D eigenvalue weighted by molar-refractivity contribution is 0.0694. The lowest BCUT2D eigenvalue weighted by atomic mass is 10.2. The zero-order valence-corrected chi connectivity index (χ0v) is 11.8. The minimum absolute atomic E-state index is 0.0986. The van der Waals surface area contributed by atoms with Crippen LogP contribution >= 0.6 is 0 Å². The van der Waals surface area contributed by atoms with Gasteiger partial charge in [-0.2, -0.15) is 5.10 Å². The van der Waals surface area contributed by atoms with Crippen molar-refractivity contribution in [1.82, 2.24) is 20.1 Å². The second-order valence-corrected chi connectivity index (χ2v) is 4.59. The monoisotopic (exact) mass is 288 g/mol. The molecule has 7 nitrogen and oxygen atoms in total. The predicted octanol–water partition coefficient (Wildman–Crippen LogP) is 0.794. The molecule has 2 heterocycles. The smallest absolute Gasteiger partial charge is 0.337 e. The minimum atomic E-state index is -1.05. The molecule has 0 saturated heterocycles. The van der Waals surface area contributed by atoms with Gasteiger partial charge in [0.2, 0.25) is 0 Å². The van der Waals surface area contributed by atoms with Gasteiger partial charge in [-0.15, -0.1) is 0 Å². The number of carboxylic acid groups (broad SMARTS) is 1. The van der Waals surface area contributed by atoms with Crippen molar-refractivity contribution in [2.45, 2.75) is 13.3 Å². The molecular weight excluding hydrogens is 272 g/mol. The largest absolute Gasteiger partial charge is 0.478 e. The zero-order chi connectivity index (χ0) is 15.4. The normalized spacial score (nSPS) is 10.4. The number of nitrogens with one attached hydrogen (secondary N) is 1. The summed E-state index contributed by atoms with van der Waals surface area (Å²) in [4.78, 5) is 26.9. The first-order valence-corrected chi connectivity index (χ1v) is 6.45. The van der Waals surface area contributed by atoms with Gasteiger partial charge in [0, 0.05) is 31.9 Å². The van der Waals surface area contributed by atoms with E-state index in [9.17, 15) is 9.59 Å². The average Bonchev–Trinajstić information content (AvgIpc) is 2.83. The summed E-state index contributed by atoms with van der Waals surface area (Å²) in [6, 6.07) is 4.69. The number of aryl methyl sites for hydroxylation is 2. The van der Waals surface area contributed by atoms with Gasteiger partial charge < -0.3 is 10.4 Å². The number of hydrogen-bond donors (Lipinski definition) is 2. The van der Waals surface area contributed by atoms with E-state index in [4.69, 9.17) is 5.11 Å². The summed E-state index contributed by atoms with van der Waals surface area (Å²) in [6.07, 6.45) is 2.36. The molecule has 2 rings (SSSR count). The van der Waals surface area contributed by atoms with Crippen LogP contribution < -0.4 is 5.32 Å². The van der Waals surface area contributed by atoms with Gasteiger partial charge in [0.15, 0.2) is 0 Å². The molecule has 0 aliphatic rings. The van der Waals surface area contributed by atoms with Gasteiger partial charge in [0.25, 0.3) is 5.91 Å². The van der Waals surface area contributed by atoms with E-state index in [1.54, 1.807) is 17.8 Å². The fourth-order valence-electron chi connectivity index (χ4n) is 1.95. The highest BCUT2D eigenvalue weighted by atomic mass is 16.4. The molecule has 110 valence electrons. The van der Waals surface area contributed by atoms with Crippen LogP contribution in [0.5, 0.6) is 0 Å². The maximum absolute atomic E-state index is 11.9. The van der Waals surface area contributed by atoms with Crippen molar-refractivity contribution in [3.63, 3.8) is 0 Å². The van der Waals surface area contributed by atoms with Gasteiger partial charge in [-0.1, -0.05) is 0 Å². The van der Waals surface area contributed by atoms with Crippen molar-refractivity contribution in [1.29, 1.82) is 0 Å². The Kier molecular flexibility index (Phi) is 4.32. The number of carboxylic acids is 1. The summed E-state index contributed by atoms with van der Waals surface area (Å²) >= 11 is 0. The first-order valence-electron chi connectivity index (χ1n) is 6.45. The molecule has 0 bridgehead atoms. The zero-order valence-electron chi connectivity index (χ0n) is 11.8. The number of aromatic carboxylic acids is 1. The lowest BCUT2D eigenvalue weighted by Gasteiger charge is -2.07. The number of carbonyl (C=O) groups is 2. The van der Waals surface area contributed by atoms with E-state index in [2.05, 4.69) is 15.4 Å². The van der Waals surface area contributed by atoms with E-state index in [1.165, 1.54) is 12.1 Å². The molecule has 0 saturated carbocycles. The fraction of sp³-hybridized carbons (Fsp3) is 0.286. The molecule has 2 aromatic heterocycles. The summed E-state index contributed by atoms with van der Waals surface area (Å²) in [6.45, 7) is 2.02. The van der Waals surface area contributed by atoms with Crippen molar-refractivity contribution in [2.75, 3.05) is 6.54 Å². The topological polar surface area (TPSA) is 97.1 Å². The Hall–Kier alpha value is -2.70. The van der Waals surface area contributed by atoms with Gasteiger partial charge in [-0.3, -0.25) is 9.48 Å². The van der Waals surface area contributed by atoms with E-state index in [1.807, 2.05) is 13.1 Å². The summed E-state index contributed by atoms with van der Waals surface area (Å²) in [5.41, 5.74) is 1.64. The molecule has 0 fully saturated rings. The van der Waals surface area contributed by atoms with Crippen molar-refractivity contribution in [2.24, 2.45) is 7.05 Å². The summed E-state index contributed by atoms with van der Waals surface area (Å²) in [5.74, 6) is -1.37. The van der Waals surface area contributed by atoms with Gasteiger partial charge >= 0.3 is 5.97 Å². The summed E-state index contributed by atoms with van der Waals surface area (Å²) < 4.78 is 1.75. The third kappa shape index (κ3) is 3.44. The predicted molar refractivity (Wildman–Crippen MR) is 75.2 cm³/mol. The first kappa shape index (κ1) is 14.7. The van der Waals surface area contributed by atoms with E-state index in [-0.39, 0.29) is 17.2 Å². The quantitative estimate of drug-likeness (QED) is 0.848. The molecule has 0 atom stereocenters. The van der Waals surface area contributed by atoms with Crippen LogP contribution in [-0.2, 0) is 13.5 Å². The molecule has 1 amide bonds. The van der Waals surface area contributed by atoms with E-state index >= 15 is 0 Å². The standard InChI is InChI=1S/C14H16N4O3/c1-9-11(14(20)21)3-4-12(17-9)13(19)15-7-5-10-6-8-16-18(10)2/h3-4,6,8H,5,7H2,1-2H3,(H,15,19)(H,20,21). The van der Waals surface area contributed by atoms with Gasteiger partial charge in [0.05, 0.1) is 11.3 Å². The van der Waals surface area contributed by atoms with Crippen molar-refractivity contribution in [3.8, 4) is 0 Å². The van der Waals surface area contributed by atoms with Crippen LogP contribution in [0.1, 0.15) is 32.2 Å². The highest BCUT2D eigenvalue weighted by Gasteiger charge is 2.12. The van der Waals surface area contributed by atoms with Crippen LogP contribution in [-0.4, -0.2) is 38.3 Å². The second-order valence-electron chi connectivity index (χ2n) is 4.59. The Morgan fingerprint density at radius 2 is 2.10 bits per heavy atom. The molecule has 21 heavy (non-hydrogen) atoms. The molecule has 0 unspecified atom stereocenters. The Labute approximate surface area is 121 Å². The number of rotatable bonds is 5. The molecule has 0 aromatic carbocycles. The van der Waals surface area contributed by atoms with Crippen LogP contribution in [0.3, 0.4) is 0 Å². The highest BCUT2D eigenvalue weighted by molar-refractivity contribution is 5.94. The number of hydrogen-bond acceptors (Lipinski definition) is 4. The van der Waals surface area contributed by atoms with Crippen molar-refractivity contribution in [3.05, 3.63) is 47.0 Å². The highest BCUT2D eigenvalue weighted by Crippen LogP contribution is 2.07. The Balaban J connectivity index is 1.96. The van der Waals surface area contributed by atoms with Crippen LogP contribution in [0.2, 0.25) is 0 Å². The Morgan fingerprint density at radius 1 is 1.33 bits per heavy atom. The number of carbonyl (C=O) groups excluding carboxylic acids is 1. The maximum atomic E-state index is 11.9. The Bertz CT molecular complexity index is 679. The molecule has 0 radical (unpaired) electrons. The minimum Gasteiger partial charge on any atom is -0.478 e. The Morgan fingerprint density at radius 3 is 2.67 bits per heavy atom. The molecule has 0 aliphatic heterocycles. The molecule has 0 aliphatic carbocycles. The third-order valence-electron chi connectivity index (χ3n) is 3.14. The molecule has 0 spiro atoms. The number of pyridine rings is 1. The van der Waals surface area contributed by atoms with Crippen LogP contribution in [0.4, 0.5) is 0 Å². The number of nitrogens with zero attached hydrogens (tertiary/aromatic N) is 3. The third-order valence-corrected chi connectivity index (χ3v) is 3.14. The average molecular weight is 288 g/mol. The van der Waals surface area contributed by atoms with Crippen molar-refractivity contribution >= 4 is 11.9 Å². The SMILES string of the molecule is Cc1nc(C(=O)NCCc2ccnn2C)ccc1C(=O)O. The van der Waals surface area contributed by atoms with Crippen molar-refractivity contribution < 1.29 is 14.7 Å². The lowest BCUT2D eigenvalue weighted by Crippen LogP contribution is -2.27. The second kappa shape index (κ2) is 6.17. The van der Waals surface area contributed by atoms with Gasteiger partial charge in [0.1, 0.15) is 5.69 Å². The van der Waals surface area contributed by atoms with Gasteiger partial charge in [-0.25, -0.2) is 9.78 Å². The van der Waals surface area contributed by atoms with Gasteiger partial charge in [-0.05, 0) is 25.1 Å². The molecular formula is C14H16N4O3. The van der Waals surface area contributed by atoms with E-state index < -0.39 is 5.97 Å². The molecule has 7 heteroatoms. The van der Waals surface area contributed by atoms with E-state index in [0.29, 0.717) is 18.7 Å². The van der Waals surface area contributed by atoms with Crippen LogP contribution in [0.25, 0.3) is 0 Å². The maximum Gasteiger partial charge on any atom is 0.337 e. The fourth-order valence-corrected chi connectivity index (χ4v) is 1.95. The molecule has 2 N–H and O–H groups in total. The summed E-state index contributed by atoms with van der Waals surface area (Å²) in [5, 5.41) is 15.7. The number of aromatic nitrogens is 3. The van der Waals surface area contributed by atoms with E-state index in [0.717, 1.165) is 5.69 Å². The van der Waals surface area contributed by atoms with Crippen LogP contribution in [0, 0.1) is 6.92 Å².